The molecule has 0 spiro atoms. The number of aromatic nitrogens is 2. The number of fused-ring (bicyclic) bond motifs is 1. The molecule has 2 aromatic heterocycles. The molecule has 0 atom stereocenters. The van der Waals surface area contributed by atoms with Crippen LogP contribution in [-0.4, -0.2) is 10.1 Å². The molecule has 0 N–H and O–H groups in total. The van der Waals surface area contributed by atoms with E-state index in [1.807, 2.05) is 6.07 Å². The van der Waals surface area contributed by atoms with Gasteiger partial charge < -0.3 is 4.52 Å². The minimum atomic E-state index is -0.243. The second-order valence-electron chi connectivity index (χ2n) is 3.16. The third kappa shape index (κ3) is 1.64. The van der Waals surface area contributed by atoms with Crippen LogP contribution in [0.2, 0.25) is 0 Å². The number of benzene rings is 1. The van der Waals surface area contributed by atoms with Crippen molar-refractivity contribution in [1.82, 2.24) is 10.1 Å². The van der Waals surface area contributed by atoms with E-state index in [0.29, 0.717) is 10.6 Å². The van der Waals surface area contributed by atoms with Crippen LogP contribution in [0.1, 0.15) is 0 Å². The van der Waals surface area contributed by atoms with Gasteiger partial charge in [0.25, 0.3) is 5.89 Å². The van der Waals surface area contributed by atoms with Gasteiger partial charge in [-0.1, -0.05) is 6.07 Å². The Morgan fingerprint density at radius 1 is 1.31 bits per heavy atom. The first-order valence-electron chi connectivity index (χ1n) is 4.41. The van der Waals surface area contributed by atoms with Gasteiger partial charge in [-0.3, -0.25) is 0 Å². The van der Waals surface area contributed by atoms with E-state index >= 15 is 0 Å². The molecule has 3 aromatic rings. The van der Waals surface area contributed by atoms with Crippen molar-refractivity contribution < 1.29 is 8.91 Å². The fourth-order valence-electron chi connectivity index (χ4n) is 1.42. The van der Waals surface area contributed by atoms with Crippen LogP contribution in [0, 0.1) is 5.82 Å². The number of hydrogen-bond donors (Lipinski definition) is 0. The van der Waals surface area contributed by atoms with Crippen molar-refractivity contribution in [2.75, 3.05) is 0 Å². The number of hydrogen-bond acceptors (Lipinski definition) is 4. The van der Waals surface area contributed by atoms with Gasteiger partial charge in [0.2, 0.25) is 4.73 Å². The highest BCUT2D eigenvalue weighted by molar-refractivity contribution is 9.10. The predicted molar refractivity (Wildman–Crippen MR) is 62.8 cm³/mol. The lowest BCUT2D eigenvalue weighted by atomic mass is 10.2. The van der Waals surface area contributed by atoms with Crippen molar-refractivity contribution in [3.8, 4) is 10.8 Å². The molecule has 0 aliphatic carbocycles. The summed E-state index contributed by atoms with van der Waals surface area (Å²) in [5.74, 6) is 0.195. The average Bonchev–Trinajstić information content (AvgIpc) is 2.83. The van der Waals surface area contributed by atoms with Crippen LogP contribution in [-0.2, 0) is 0 Å². The number of halogens is 2. The first-order valence-corrected chi connectivity index (χ1v) is 6.02. The Bertz CT molecular complexity index is 664. The molecule has 0 aliphatic heterocycles. The van der Waals surface area contributed by atoms with Gasteiger partial charge in [-0.05, 0) is 44.7 Å². The zero-order valence-corrected chi connectivity index (χ0v) is 10.2. The second-order valence-corrected chi connectivity index (χ2v) is 4.95. The van der Waals surface area contributed by atoms with Crippen LogP contribution in [0.15, 0.2) is 33.5 Å². The molecule has 0 unspecified atom stereocenters. The van der Waals surface area contributed by atoms with Crippen LogP contribution < -0.4 is 0 Å². The van der Waals surface area contributed by atoms with E-state index in [1.165, 1.54) is 23.5 Å². The Labute approximate surface area is 102 Å². The third-order valence-corrected chi connectivity index (χ3v) is 3.50. The van der Waals surface area contributed by atoms with Gasteiger partial charge in [0, 0.05) is 4.70 Å². The van der Waals surface area contributed by atoms with Crippen molar-refractivity contribution in [3.05, 3.63) is 34.8 Å². The molecule has 0 aliphatic rings. The normalized spacial score (nSPS) is 11.1. The minimum Gasteiger partial charge on any atom is -0.332 e. The van der Waals surface area contributed by atoms with Gasteiger partial charge in [-0.25, -0.2) is 4.39 Å². The van der Waals surface area contributed by atoms with Crippen molar-refractivity contribution in [3.63, 3.8) is 0 Å². The zero-order valence-electron chi connectivity index (χ0n) is 7.78. The summed E-state index contributed by atoms with van der Waals surface area (Å²) < 4.78 is 19.3. The van der Waals surface area contributed by atoms with E-state index in [4.69, 9.17) is 4.52 Å². The van der Waals surface area contributed by atoms with Gasteiger partial charge in [0.1, 0.15) is 5.82 Å². The molecule has 1 aromatic carbocycles. The quantitative estimate of drug-likeness (QED) is 0.685. The van der Waals surface area contributed by atoms with E-state index < -0.39 is 0 Å². The molecule has 0 radical (unpaired) electrons. The molecule has 0 saturated carbocycles. The molecular weight excluding hydrogens is 295 g/mol. The molecule has 0 fully saturated rings. The van der Waals surface area contributed by atoms with Gasteiger partial charge in [-0.2, -0.15) is 4.98 Å². The highest BCUT2D eigenvalue weighted by atomic mass is 79.9. The molecule has 0 saturated heterocycles. The van der Waals surface area contributed by atoms with Crippen LogP contribution in [0.5, 0.6) is 0 Å². The highest BCUT2D eigenvalue weighted by Gasteiger charge is 2.11. The van der Waals surface area contributed by atoms with Crippen molar-refractivity contribution in [1.29, 1.82) is 0 Å². The Morgan fingerprint density at radius 3 is 2.94 bits per heavy atom. The summed E-state index contributed by atoms with van der Waals surface area (Å²) in [6.45, 7) is 0. The Hall–Kier alpha value is -1.27. The maximum atomic E-state index is 13.0. The molecule has 0 bridgehead atoms. The lowest BCUT2D eigenvalue weighted by Gasteiger charge is -1.86. The van der Waals surface area contributed by atoms with E-state index in [2.05, 4.69) is 26.1 Å². The first-order chi connectivity index (χ1) is 7.72. The van der Waals surface area contributed by atoms with Crippen molar-refractivity contribution >= 4 is 37.4 Å². The molecule has 80 valence electrons. The largest absolute Gasteiger partial charge is 0.332 e. The Morgan fingerprint density at radius 2 is 2.19 bits per heavy atom. The molecule has 16 heavy (non-hydrogen) atoms. The standard InChI is InChI=1S/C10H4BrFN2OS/c11-10-13-9(15-14-10)8-3-5-1-2-6(12)4-7(5)16-8/h1-4H. The summed E-state index contributed by atoms with van der Waals surface area (Å²) in [6, 6.07) is 6.56. The fraction of sp³-hybridized carbons (Fsp3) is 0. The fourth-order valence-corrected chi connectivity index (χ4v) is 2.66. The highest BCUT2D eigenvalue weighted by Crippen LogP contribution is 2.33. The summed E-state index contributed by atoms with van der Waals surface area (Å²) >= 11 is 4.53. The summed E-state index contributed by atoms with van der Waals surface area (Å²) in [5.41, 5.74) is 0. The van der Waals surface area contributed by atoms with Gasteiger partial charge >= 0.3 is 0 Å². The van der Waals surface area contributed by atoms with Gasteiger partial charge in [0.05, 0.1) is 4.88 Å². The number of rotatable bonds is 1. The Balaban J connectivity index is 2.18. The Kier molecular flexibility index (Phi) is 2.26. The van der Waals surface area contributed by atoms with Crippen LogP contribution in [0.4, 0.5) is 4.39 Å². The molecule has 0 amide bonds. The first kappa shape index (κ1) is 9.92. The molecule has 3 rings (SSSR count). The molecule has 3 nitrogen and oxygen atoms in total. The molecule has 6 heteroatoms. The van der Waals surface area contributed by atoms with Crippen LogP contribution in [0.25, 0.3) is 20.9 Å². The summed E-state index contributed by atoms with van der Waals surface area (Å²) in [5, 5.41) is 4.61. The average molecular weight is 299 g/mol. The van der Waals surface area contributed by atoms with E-state index in [-0.39, 0.29) is 5.82 Å². The van der Waals surface area contributed by atoms with Crippen LogP contribution >= 0.6 is 27.3 Å². The van der Waals surface area contributed by atoms with E-state index in [9.17, 15) is 4.39 Å². The molecular formula is C10H4BrFN2OS. The zero-order chi connectivity index (χ0) is 11.1. The van der Waals surface area contributed by atoms with E-state index in [1.54, 1.807) is 6.07 Å². The third-order valence-electron chi connectivity index (χ3n) is 2.09. The number of nitrogens with zero attached hydrogens (tertiary/aromatic N) is 2. The van der Waals surface area contributed by atoms with Crippen LogP contribution in [0.3, 0.4) is 0 Å². The summed E-state index contributed by atoms with van der Waals surface area (Å²) in [7, 11) is 0. The van der Waals surface area contributed by atoms with Crippen molar-refractivity contribution in [2.24, 2.45) is 0 Å². The number of thiophene rings is 1. The minimum absolute atomic E-state index is 0.243. The molecule has 2 heterocycles. The summed E-state index contributed by atoms with van der Waals surface area (Å²) in [4.78, 5) is 4.89. The monoisotopic (exact) mass is 298 g/mol. The predicted octanol–water partition coefficient (Wildman–Crippen LogP) is 3.85. The lowest BCUT2D eigenvalue weighted by Crippen LogP contribution is -1.69. The van der Waals surface area contributed by atoms with E-state index in [0.717, 1.165) is 15.0 Å². The topological polar surface area (TPSA) is 38.9 Å². The smallest absolute Gasteiger partial charge is 0.268 e. The maximum Gasteiger partial charge on any atom is 0.268 e. The maximum absolute atomic E-state index is 13.0. The van der Waals surface area contributed by atoms with Gasteiger partial charge in [-0.15, -0.1) is 11.3 Å². The van der Waals surface area contributed by atoms with Crippen molar-refractivity contribution in [2.45, 2.75) is 0 Å². The summed E-state index contributed by atoms with van der Waals surface area (Å²) in [6.07, 6.45) is 0. The SMILES string of the molecule is Fc1ccc2cc(-c3nc(Br)no3)sc2c1. The lowest BCUT2D eigenvalue weighted by molar-refractivity contribution is 0.427. The van der Waals surface area contributed by atoms with Gasteiger partial charge in [0.15, 0.2) is 0 Å². The second kappa shape index (κ2) is 3.64.